The molecule has 0 aliphatic rings. The molecule has 22 heavy (non-hydrogen) atoms. The topological polar surface area (TPSA) is 68.4 Å². The van der Waals surface area contributed by atoms with Crippen LogP contribution in [0, 0.1) is 6.92 Å². The summed E-state index contributed by atoms with van der Waals surface area (Å²) in [7, 11) is 0. The number of rotatable bonds is 3. The molecule has 0 saturated heterocycles. The lowest BCUT2D eigenvalue weighted by molar-refractivity contribution is -0.591. The van der Waals surface area contributed by atoms with Crippen LogP contribution in [0.15, 0.2) is 53.1 Å². The molecule has 0 spiro atoms. The van der Waals surface area contributed by atoms with E-state index in [2.05, 4.69) is 15.0 Å². The second-order valence-corrected chi connectivity index (χ2v) is 5.16. The molecule has 0 amide bonds. The van der Waals surface area contributed by atoms with Gasteiger partial charge in [-0.05, 0) is 31.2 Å². The Morgan fingerprint density at radius 3 is 2.77 bits per heavy atom. The molecule has 0 unspecified atom stereocenters. The number of hydrogen-bond donors (Lipinski definition) is 1. The summed E-state index contributed by atoms with van der Waals surface area (Å²) in [4.78, 5) is 13.4. The molecular formula is C17H15N4O+. The van der Waals surface area contributed by atoms with Gasteiger partial charge in [0.05, 0.1) is 5.69 Å². The fourth-order valence-corrected chi connectivity index (χ4v) is 2.59. The van der Waals surface area contributed by atoms with Crippen molar-refractivity contribution in [2.45, 2.75) is 13.5 Å². The summed E-state index contributed by atoms with van der Waals surface area (Å²) >= 11 is 0. The minimum absolute atomic E-state index is 0.712. The molecule has 0 fully saturated rings. The van der Waals surface area contributed by atoms with Gasteiger partial charge in [0.25, 0.3) is 5.82 Å². The van der Waals surface area contributed by atoms with E-state index < -0.39 is 0 Å². The molecule has 0 bridgehead atoms. The van der Waals surface area contributed by atoms with Gasteiger partial charge < -0.3 is 4.42 Å². The minimum Gasteiger partial charge on any atom is -0.446 e. The Bertz CT molecular complexity index is 947. The third kappa shape index (κ3) is 2.21. The highest BCUT2D eigenvalue weighted by molar-refractivity contribution is 6.04. The summed E-state index contributed by atoms with van der Waals surface area (Å²) in [6.07, 6.45) is 1.80. The number of quaternary nitrogens is 1. The number of aromatic nitrogens is 3. The summed E-state index contributed by atoms with van der Waals surface area (Å²) in [5, 5.41) is 3.07. The molecule has 0 aliphatic carbocycles. The van der Waals surface area contributed by atoms with Crippen LogP contribution in [0.1, 0.15) is 11.5 Å². The molecule has 3 aromatic heterocycles. The minimum atomic E-state index is 0.712. The monoisotopic (exact) mass is 291 g/mol. The highest BCUT2D eigenvalue weighted by Gasteiger charge is 2.17. The number of para-hydroxylation sites is 1. The second-order valence-electron chi connectivity index (χ2n) is 5.16. The largest absolute Gasteiger partial charge is 0.446 e. The average Bonchev–Trinajstić information content (AvgIpc) is 2.92. The molecule has 3 heterocycles. The predicted molar refractivity (Wildman–Crippen MR) is 83.6 cm³/mol. The molecule has 5 nitrogen and oxygen atoms in total. The predicted octanol–water partition coefficient (Wildman–Crippen LogP) is 2.47. The number of pyridine rings is 1. The van der Waals surface area contributed by atoms with Gasteiger partial charge in [-0.25, -0.2) is 4.98 Å². The number of fused-ring (bicyclic) bond motifs is 3. The standard InChI is InChI=1S/C17H14N4O/c1-11-20-15-13-7-2-3-8-14(13)22-16(15)17(21-11)19-10-12-6-4-5-9-18-12/h2-9H,10H2,1H3,(H,19,20,21)/p+1. The number of furan rings is 1. The summed E-state index contributed by atoms with van der Waals surface area (Å²) < 4.78 is 5.95. The molecule has 4 rings (SSSR count). The Balaban J connectivity index is 1.79. The molecule has 2 N–H and O–H groups in total. The van der Waals surface area contributed by atoms with Gasteiger partial charge in [-0.3, -0.25) is 10.3 Å². The van der Waals surface area contributed by atoms with Gasteiger partial charge in [-0.15, -0.1) is 0 Å². The van der Waals surface area contributed by atoms with Crippen molar-refractivity contribution in [3.8, 4) is 0 Å². The van der Waals surface area contributed by atoms with Crippen molar-refractivity contribution in [3.63, 3.8) is 0 Å². The van der Waals surface area contributed by atoms with E-state index in [9.17, 15) is 0 Å². The maximum Gasteiger partial charge on any atom is 0.272 e. The van der Waals surface area contributed by atoms with Crippen LogP contribution >= 0.6 is 0 Å². The van der Waals surface area contributed by atoms with Crippen LogP contribution < -0.4 is 5.32 Å². The first kappa shape index (κ1) is 12.9. The molecule has 0 radical (unpaired) electrons. The Kier molecular flexibility index (Phi) is 3.05. The fraction of sp³-hybridized carbons (Fsp3) is 0.118. The lowest BCUT2D eigenvalue weighted by atomic mass is 10.2. The quantitative estimate of drug-likeness (QED) is 0.629. The van der Waals surface area contributed by atoms with E-state index in [0.29, 0.717) is 6.54 Å². The van der Waals surface area contributed by atoms with Crippen molar-refractivity contribution in [2.75, 3.05) is 0 Å². The van der Waals surface area contributed by atoms with Crippen LogP contribution in [0.5, 0.6) is 0 Å². The van der Waals surface area contributed by atoms with Crippen LogP contribution in [0.2, 0.25) is 0 Å². The molecule has 1 aromatic carbocycles. The summed E-state index contributed by atoms with van der Waals surface area (Å²) in [5.41, 5.74) is 3.45. The van der Waals surface area contributed by atoms with E-state index in [1.807, 2.05) is 54.7 Å². The van der Waals surface area contributed by atoms with Crippen molar-refractivity contribution < 1.29 is 9.73 Å². The Labute approximate surface area is 127 Å². The van der Waals surface area contributed by atoms with Crippen molar-refractivity contribution in [3.05, 3.63) is 60.2 Å². The van der Waals surface area contributed by atoms with E-state index in [0.717, 1.165) is 39.4 Å². The first-order valence-electron chi connectivity index (χ1n) is 7.20. The van der Waals surface area contributed by atoms with Gasteiger partial charge >= 0.3 is 0 Å². The van der Waals surface area contributed by atoms with Crippen molar-refractivity contribution in [2.24, 2.45) is 0 Å². The van der Waals surface area contributed by atoms with E-state index in [1.54, 1.807) is 6.20 Å². The molecule has 108 valence electrons. The number of nitrogens with zero attached hydrogens (tertiary/aromatic N) is 3. The zero-order chi connectivity index (χ0) is 14.9. The number of benzene rings is 1. The molecule has 4 aromatic rings. The maximum absolute atomic E-state index is 5.95. The SMILES string of the molecule is Cc1nc([NH2+]Cc2ccccn2)c2oc3ccccc3c2n1. The maximum atomic E-state index is 5.95. The summed E-state index contributed by atoms with van der Waals surface area (Å²) in [5.74, 6) is 1.57. The highest BCUT2D eigenvalue weighted by Crippen LogP contribution is 2.29. The van der Waals surface area contributed by atoms with Crippen LogP contribution in [0.25, 0.3) is 22.1 Å². The van der Waals surface area contributed by atoms with Gasteiger partial charge in [-0.2, -0.15) is 4.98 Å². The zero-order valence-corrected chi connectivity index (χ0v) is 12.2. The number of aryl methyl sites for hydroxylation is 1. The molecular weight excluding hydrogens is 276 g/mol. The molecule has 5 heteroatoms. The second kappa shape index (κ2) is 5.20. The smallest absolute Gasteiger partial charge is 0.272 e. The van der Waals surface area contributed by atoms with Crippen LogP contribution in [0.4, 0.5) is 5.82 Å². The number of nitrogens with two attached hydrogens (primary N) is 1. The normalized spacial score (nSPS) is 11.3. The van der Waals surface area contributed by atoms with Gasteiger partial charge in [0.1, 0.15) is 23.5 Å². The zero-order valence-electron chi connectivity index (χ0n) is 12.2. The lowest BCUT2D eigenvalue weighted by Gasteiger charge is -2.01. The first-order chi connectivity index (χ1) is 10.8. The van der Waals surface area contributed by atoms with E-state index in [-0.39, 0.29) is 0 Å². The van der Waals surface area contributed by atoms with Crippen LogP contribution in [-0.4, -0.2) is 15.0 Å². The molecule has 0 aliphatic heterocycles. The first-order valence-corrected chi connectivity index (χ1v) is 7.20. The Morgan fingerprint density at radius 2 is 1.91 bits per heavy atom. The van der Waals surface area contributed by atoms with E-state index >= 15 is 0 Å². The summed E-state index contributed by atoms with van der Waals surface area (Å²) in [6, 6.07) is 13.8. The average molecular weight is 291 g/mol. The van der Waals surface area contributed by atoms with Crippen molar-refractivity contribution >= 4 is 27.9 Å². The van der Waals surface area contributed by atoms with Gasteiger partial charge in [0, 0.05) is 11.6 Å². The van der Waals surface area contributed by atoms with Crippen LogP contribution in [-0.2, 0) is 6.54 Å². The van der Waals surface area contributed by atoms with E-state index in [1.165, 1.54) is 0 Å². The summed E-state index contributed by atoms with van der Waals surface area (Å²) in [6.45, 7) is 2.61. The molecule has 0 saturated carbocycles. The van der Waals surface area contributed by atoms with Gasteiger partial charge in [-0.1, -0.05) is 18.2 Å². The van der Waals surface area contributed by atoms with E-state index in [4.69, 9.17) is 4.42 Å². The van der Waals surface area contributed by atoms with Crippen molar-refractivity contribution in [1.29, 1.82) is 0 Å². The van der Waals surface area contributed by atoms with Gasteiger partial charge in [0.15, 0.2) is 0 Å². The van der Waals surface area contributed by atoms with Crippen molar-refractivity contribution in [1.82, 2.24) is 15.0 Å². The third-order valence-corrected chi connectivity index (χ3v) is 3.59. The number of hydrogen-bond acceptors (Lipinski definition) is 4. The Hall–Kier alpha value is -2.79. The lowest BCUT2D eigenvalue weighted by Crippen LogP contribution is -2.76. The third-order valence-electron chi connectivity index (χ3n) is 3.59. The molecule has 0 atom stereocenters. The van der Waals surface area contributed by atoms with Gasteiger partial charge in [0.2, 0.25) is 5.58 Å². The van der Waals surface area contributed by atoms with Crippen LogP contribution in [0.3, 0.4) is 0 Å². The fourth-order valence-electron chi connectivity index (χ4n) is 2.59. The Morgan fingerprint density at radius 1 is 1.05 bits per heavy atom. The highest BCUT2D eigenvalue weighted by atomic mass is 16.3.